The molecule has 0 saturated heterocycles. The predicted molar refractivity (Wildman–Crippen MR) is 103 cm³/mol. The third kappa shape index (κ3) is 2.19. The average Bonchev–Trinajstić information content (AvgIpc) is 2.61. The zero-order valence-electron chi connectivity index (χ0n) is 13.8. The van der Waals surface area contributed by atoms with E-state index in [1.807, 2.05) is 44.4 Å². The lowest BCUT2D eigenvalue weighted by atomic mass is 9.91. The second-order valence-electron chi connectivity index (χ2n) is 6.26. The van der Waals surface area contributed by atoms with E-state index in [1.165, 1.54) is 5.39 Å². The van der Waals surface area contributed by atoms with Crippen LogP contribution in [0.25, 0.3) is 32.7 Å². The Labute approximate surface area is 141 Å². The van der Waals surface area contributed by atoms with Crippen molar-refractivity contribution in [1.29, 1.82) is 0 Å². The molecule has 0 aliphatic heterocycles. The van der Waals surface area contributed by atoms with Crippen LogP contribution in [-0.4, -0.2) is 19.2 Å². The molecule has 0 fully saturated rings. The van der Waals surface area contributed by atoms with Crippen LogP contribution in [0.1, 0.15) is 0 Å². The van der Waals surface area contributed by atoms with E-state index in [-0.39, 0.29) is 0 Å². The number of aromatic hydroxyl groups is 1. The van der Waals surface area contributed by atoms with Crippen molar-refractivity contribution in [3.05, 3.63) is 72.8 Å². The predicted octanol–water partition coefficient (Wildman–Crippen LogP) is 5.43. The summed E-state index contributed by atoms with van der Waals surface area (Å²) in [6.45, 7) is 0. The number of hydrogen-bond donors (Lipinski definition) is 1. The first kappa shape index (κ1) is 14.6. The van der Waals surface area contributed by atoms with Gasteiger partial charge in [0.1, 0.15) is 5.75 Å². The average molecular weight is 313 g/mol. The largest absolute Gasteiger partial charge is 0.507 e. The van der Waals surface area contributed by atoms with E-state index in [2.05, 4.69) is 41.3 Å². The molecule has 24 heavy (non-hydrogen) atoms. The van der Waals surface area contributed by atoms with E-state index in [4.69, 9.17) is 0 Å². The molecule has 0 spiro atoms. The molecule has 118 valence electrons. The molecule has 4 aromatic carbocycles. The maximum atomic E-state index is 10.7. The van der Waals surface area contributed by atoms with Crippen molar-refractivity contribution in [2.45, 2.75) is 0 Å². The first-order valence-corrected chi connectivity index (χ1v) is 8.07. The Morgan fingerprint density at radius 2 is 1.17 bits per heavy atom. The second-order valence-corrected chi connectivity index (χ2v) is 6.26. The number of benzene rings is 4. The molecule has 0 amide bonds. The number of anilines is 1. The Morgan fingerprint density at radius 1 is 0.625 bits per heavy atom. The Kier molecular flexibility index (Phi) is 3.39. The summed E-state index contributed by atoms with van der Waals surface area (Å²) in [7, 11) is 4.07. The Hall–Kier alpha value is -3.00. The molecular weight excluding hydrogens is 294 g/mol. The van der Waals surface area contributed by atoms with Crippen LogP contribution >= 0.6 is 0 Å². The third-order valence-corrected chi connectivity index (χ3v) is 4.55. The smallest absolute Gasteiger partial charge is 0.124 e. The SMILES string of the molecule is CN(C)c1ccc2ccccc2c1-c1c(O)ccc2ccccc12. The van der Waals surface area contributed by atoms with E-state index < -0.39 is 0 Å². The molecule has 0 aliphatic rings. The van der Waals surface area contributed by atoms with Crippen LogP contribution < -0.4 is 4.90 Å². The summed E-state index contributed by atoms with van der Waals surface area (Å²) in [6, 6.07) is 24.6. The van der Waals surface area contributed by atoms with Crippen LogP contribution in [0.2, 0.25) is 0 Å². The molecule has 0 heterocycles. The van der Waals surface area contributed by atoms with Gasteiger partial charge in [0.25, 0.3) is 0 Å². The summed E-state index contributed by atoms with van der Waals surface area (Å²) in [4.78, 5) is 2.10. The highest BCUT2D eigenvalue weighted by Gasteiger charge is 2.17. The van der Waals surface area contributed by atoms with Crippen molar-refractivity contribution >= 4 is 27.2 Å². The van der Waals surface area contributed by atoms with Gasteiger partial charge in [-0.1, -0.05) is 60.7 Å². The zero-order chi connectivity index (χ0) is 16.7. The number of rotatable bonds is 2. The van der Waals surface area contributed by atoms with Gasteiger partial charge in [-0.3, -0.25) is 0 Å². The van der Waals surface area contributed by atoms with Gasteiger partial charge in [-0.25, -0.2) is 0 Å². The molecule has 1 N–H and O–H groups in total. The molecule has 2 nitrogen and oxygen atoms in total. The summed E-state index contributed by atoms with van der Waals surface area (Å²) in [5.74, 6) is 0.313. The number of phenols is 1. The lowest BCUT2D eigenvalue weighted by molar-refractivity contribution is 0.478. The van der Waals surface area contributed by atoms with Gasteiger partial charge in [-0.2, -0.15) is 0 Å². The highest BCUT2D eigenvalue weighted by molar-refractivity contribution is 6.11. The molecule has 0 atom stereocenters. The quantitative estimate of drug-likeness (QED) is 0.533. The van der Waals surface area contributed by atoms with Crippen LogP contribution in [0.3, 0.4) is 0 Å². The number of nitrogens with zero attached hydrogens (tertiary/aromatic N) is 1. The molecular formula is C22H19NO. The molecule has 0 unspecified atom stereocenters. The monoisotopic (exact) mass is 313 g/mol. The molecule has 0 saturated carbocycles. The fraction of sp³-hybridized carbons (Fsp3) is 0.0909. The fourth-order valence-corrected chi connectivity index (χ4v) is 3.42. The molecule has 0 aliphatic carbocycles. The minimum absolute atomic E-state index is 0.313. The van der Waals surface area contributed by atoms with Gasteiger partial charge in [0.05, 0.1) is 0 Å². The van der Waals surface area contributed by atoms with Crippen molar-refractivity contribution in [2.75, 3.05) is 19.0 Å². The topological polar surface area (TPSA) is 23.5 Å². The molecule has 0 bridgehead atoms. The fourth-order valence-electron chi connectivity index (χ4n) is 3.42. The van der Waals surface area contributed by atoms with E-state index in [0.29, 0.717) is 5.75 Å². The summed E-state index contributed by atoms with van der Waals surface area (Å²) in [5.41, 5.74) is 3.07. The zero-order valence-corrected chi connectivity index (χ0v) is 13.8. The van der Waals surface area contributed by atoms with Crippen LogP contribution in [0.4, 0.5) is 5.69 Å². The number of fused-ring (bicyclic) bond motifs is 2. The Morgan fingerprint density at radius 3 is 1.79 bits per heavy atom. The summed E-state index contributed by atoms with van der Waals surface area (Å²) in [5, 5.41) is 15.2. The van der Waals surface area contributed by atoms with E-state index >= 15 is 0 Å². The van der Waals surface area contributed by atoms with E-state index in [9.17, 15) is 5.11 Å². The lowest BCUT2D eigenvalue weighted by Gasteiger charge is -2.21. The summed E-state index contributed by atoms with van der Waals surface area (Å²) < 4.78 is 0. The van der Waals surface area contributed by atoms with Crippen molar-refractivity contribution in [3.8, 4) is 16.9 Å². The normalized spacial score (nSPS) is 11.1. The molecule has 0 radical (unpaired) electrons. The maximum absolute atomic E-state index is 10.7. The van der Waals surface area contributed by atoms with Gasteiger partial charge in [-0.05, 0) is 33.7 Å². The highest BCUT2D eigenvalue weighted by atomic mass is 16.3. The van der Waals surface area contributed by atoms with E-state index in [0.717, 1.165) is 33.0 Å². The Balaban J connectivity index is 2.21. The van der Waals surface area contributed by atoms with E-state index in [1.54, 1.807) is 6.07 Å². The van der Waals surface area contributed by atoms with Crippen LogP contribution in [0.15, 0.2) is 72.8 Å². The molecule has 4 rings (SSSR count). The number of hydrogen-bond acceptors (Lipinski definition) is 2. The minimum Gasteiger partial charge on any atom is -0.507 e. The first-order valence-electron chi connectivity index (χ1n) is 8.07. The highest BCUT2D eigenvalue weighted by Crippen LogP contribution is 2.44. The maximum Gasteiger partial charge on any atom is 0.124 e. The van der Waals surface area contributed by atoms with Crippen LogP contribution in [-0.2, 0) is 0 Å². The van der Waals surface area contributed by atoms with Crippen LogP contribution in [0.5, 0.6) is 5.75 Å². The first-order chi connectivity index (χ1) is 11.7. The second kappa shape index (κ2) is 5.57. The van der Waals surface area contributed by atoms with Gasteiger partial charge in [0, 0.05) is 30.9 Å². The molecule has 4 aromatic rings. The van der Waals surface area contributed by atoms with Gasteiger partial charge in [0.2, 0.25) is 0 Å². The summed E-state index contributed by atoms with van der Waals surface area (Å²) >= 11 is 0. The van der Waals surface area contributed by atoms with Crippen molar-refractivity contribution in [3.63, 3.8) is 0 Å². The Bertz CT molecular complexity index is 1050. The minimum atomic E-state index is 0.313. The van der Waals surface area contributed by atoms with Gasteiger partial charge >= 0.3 is 0 Å². The number of phenolic OH excluding ortho intramolecular Hbond substituents is 1. The van der Waals surface area contributed by atoms with Gasteiger partial charge in [0.15, 0.2) is 0 Å². The van der Waals surface area contributed by atoms with Crippen molar-refractivity contribution < 1.29 is 5.11 Å². The van der Waals surface area contributed by atoms with Gasteiger partial charge < -0.3 is 10.0 Å². The van der Waals surface area contributed by atoms with Crippen LogP contribution in [0, 0.1) is 0 Å². The molecule has 0 aromatic heterocycles. The lowest BCUT2D eigenvalue weighted by Crippen LogP contribution is -2.10. The third-order valence-electron chi connectivity index (χ3n) is 4.55. The standard InChI is InChI=1S/C22H19NO/c1-23(2)19-13-11-15-7-3-5-9-17(15)21(19)22-18-10-6-4-8-16(18)12-14-20(22)24/h3-14,24H,1-2H3. The van der Waals surface area contributed by atoms with Crippen molar-refractivity contribution in [1.82, 2.24) is 0 Å². The van der Waals surface area contributed by atoms with Crippen molar-refractivity contribution in [2.24, 2.45) is 0 Å². The molecule has 2 heteroatoms. The summed E-state index contributed by atoms with van der Waals surface area (Å²) in [6.07, 6.45) is 0. The van der Waals surface area contributed by atoms with Gasteiger partial charge in [-0.15, -0.1) is 0 Å².